The summed E-state index contributed by atoms with van der Waals surface area (Å²) in [6, 6.07) is 1.94. The quantitative estimate of drug-likeness (QED) is 0.565. The molecule has 1 aromatic carbocycles. The SMILES string of the molecule is CC(C)(C)OC(=O)c1nc(-c2c(C(F)F)ccc(Cl)c2F)cnc1C=O. The smallest absolute Gasteiger partial charge is 0.359 e. The Hall–Kier alpha value is -2.48. The standard InChI is InChI=1S/C17H14ClF3N2O3/c1-17(2,3)26-16(25)14-11(7-24)22-6-10(23-14)12-8(15(20)21)4-5-9(18)13(12)19/h4-7,15H,1-3H3. The molecule has 0 amide bonds. The number of benzene rings is 1. The Morgan fingerprint density at radius 2 is 1.96 bits per heavy atom. The van der Waals surface area contributed by atoms with Gasteiger partial charge in [-0.25, -0.2) is 27.9 Å². The minimum atomic E-state index is -3.02. The largest absolute Gasteiger partial charge is 0.455 e. The Kier molecular flexibility index (Phi) is 5.65. The third-order valence-electron chi connectivity index (χ3n) is 3.12. The number of nitrogens with zero attached hydrogens (tertiary/aromatic N) is 2. The molecule has 0 radical (unpaired) electrons. The lowest BCUT2D eigenvalue weighted by atomic mass is 10.0. The molecule has 0 fully saturated rings. The molecular weight excluding hydrogens is 373 g/mol. The maximum absolute atomic E-state index is 14.4. The van der Waals surface area contributed by atoms with Crippen molar-refractivity contribution < 1.29 is 27.5 Å². The Morgan fingerprint density at radius 3 is 2.50 bits per heavy atom. The zero-order chi connectivity index (χ0) is 19.6. The number of carbonyl (C=O) groups excluding carboxylic acids is 2. The molecule has 5 nitrogen and oxygen atoms in total. The number of esters is 1. The van der Waals surface area contributed by atoms with Crippen LogP contribution in [0, 0.1) is 5.82 Å². The Morgan fingerprint density at radius 1 is 1.31 bits per heavy atom. The lowest BCUT2D eigenvalue weighted by Crippen LogP contribution is -2.25. The summed E-state index contributed by atoms with van der Waals surface area (Å²) in [5.74, 6) is -2.12. The molecule has 0 aliphatic carbocycles. The maximum atomic E-state index is 14.4. The van der Waals surface area contributed by atoms with Gasteiger partial charge >= 0.3 is 5.97 Å². The van der Waals surface area contributed by atoms with Crippen LogP contribution in [-0.2, 0) is 4.74 Å². The summed E-state index contributed by atoms with van der Waals surface area (Å²) in [7, 11) is 0. The van der Waals surface area contributed by atoms with E-state index in [-0.39, 0.29) is 17.7 Å². The van der Waals surface area contributed by atoms with E-state index in [1.165, 1.54) is 0 Å². The van der Waals surface area contributed by atoms with E-state index in [2.05, 4.69) is 9.97 Å². The van der Waals surface area contributed by atoms with Crippen molar-refractivity contribution in [2.75, 3.05) is 0 Å². The predicted octanol–water partition coefficient (Wildman–Crippen LogP) is 4.64. The molecule has 26 heavy (non-hydrogen) atoms. The lowest BCUT2D eigenvalue weighted by Gasteiger charge is -2.19. The highest BCUT2D eigenvalue weighted by molar-refractivity contribution is 6.31. The van der Waals surface area contributed by atoms with Crippen molar-refractivity contribution in [3.8, 4) is 11.3 Å². The van der Waals surface area contributed by atoms with Gasteiger partial charge in [0.25, 0.3) is 6.43 Å². The average Bonchev–Trinajstić information content (AvgIpc) is 2.54. The Labute approximate surface area is 152 Å². The summed E-state index contributed by atoms with van der Waals surface area (Å²) >= 11 is 5.67. The van der Waals surface area contributed by atoms with Gasteiger partial charge in [-0.2, -0.15) is 0 Å². The van der Waals surface area contributed by atoms with Crippen molar-refractivity contribution in [1.29, 1.82) is 0 Å². The van der Waals surface area contributed by atoms with Gasteiger partial charge in [0.1, 0.15) is 11.3 Å². The second-order valence-corrected chi connectivity index (χ2v) is 6.64. The zero-order valence-corrected chi connectivity index (χ0v) is 14.8. The summed E-state index contributed by atoms with van der Waals surface area (Å²) in [4.78, 5) is 30.9. The second kappa shape index (κ2) is 7.41. The molecule has 0 bridgehead atoms. The first-order valence-corrected chi connectivity index (χ1v) is 7.75. The first kappa shape index (κ1) is 19.8. The third-order valence-corrected chi connectivity index (χ3v) is 3.41. The molecule has 1 aromatic heterocycles. The highest BCUT2D eigenvalue weighted by Crippen LogP contribution is 2.35. The second-order valence-electron chi connectivity index (χ2n) is 6.24. The van der Waals surface area contributed by atoms with Crippen LogP contribution in [0.5, 0.6) is 0 Å². The molecule has 0 aliphatic rings. The van der Waals surface area contributed by atoms with Crippen LogP contribution in [0.15, 0.2) is 18.3 Å². The average molecular weight is 387 g/mol. The molecule has 0 N–H and O–H groups in total. The van der Waals surface area contributed by atoms with Crippen LogP contribution in [-0.4, -0.2) is 27.8 Å². The number of ether oxygens (including phenoxy) is 1. The molecule has 138 valence electrons. The maximum Gasteiger partial charge on any atom is 0.359 e. The van der Waals surface area contributed by atoms with Gasteiger partial charge in [0.2, 0.25) is 0 Å². The molecule has 0 atom stereocenters. The van der Waals surface area contributed by atoms with Gasteiger partial charge in [-0.1, -0.05) is 17.7 Å². The molecule has 9 heteroatoms. The first-order chi connectivity index (χ1) is 12.0. The summed E-state index contributed by atoms with van der Waals surface area (Å²) in [6.07, 6.45) is -1.84. The van der Waals surface area contributed by atoms with E-state index in [9.17, 15) is 22.8 Å². The lowest BCUT2D eigenvalue weighted by molar-refractivity contribution is 0.00609. The highest BCUT2D eigenvalue weighted by Gasteiger charge is 2.26. The van der Waals surface area contributed by atoms with Crippen LogP contribution in [0.1, 0.15) is 53.7 Å². The molecule has 2 rings (SSSR count). The number of aldehydes is 1. The van der Waals surface area contributed by atoms with E-state index in [1.54, 1.807) is 20.8 Å². The Bertz CT molecular complexity index is 867. The van der Waals surface area contributed by atoms with Crippen molar-refractivity contribution >= 4 is 23.9 Å². The van der Waals surface area contributed by atoms with E-state index >= 15 is 0 Å². The van der Waals surface area contributed by atoms with Gasteiger partial charge < -0.3 is 4.74 Å². The van der Waals surface area contributed by atoms with E-state index in [4.69, 9.17) is 16.3 Å². The van der Waals surface area contributed by atoms with Crippen LogP contribution < -0.4 is 0 Å². The normalized spacial score (nSPS) is 11.5. The predicted molar refractivity (Wildman–Crippen MR) is 87.9 cm³/mol. The van der Waals surface area contributed by atoms with Crippen molar-refractivity contribution in [3.05, 3.63) is 46.1 Å². The summed E-state index contributed by atoms with van der Waals surface area (Å²) in [5.41, 5.74) is -3.40. The fraction of sp³-hybridized carbons (Fsp3) is 0.294. The molecule has 2 aromatic rings. The molecule has 1 heterocycles. The highest BCUT2D eigenvalue weighted by atomic mass is 35.5. The van der Waals surface area contributed by atoms with Gasteiger partial charge in [-0.15, -0.1) is 0 Å². The van der Waals surface area contributed by atoms with Gasteiger partial charge in [0.15, 0.2) is 17.8 Å². The van der Waals surface area contributed by atoms with E-state index in [0.29, 0.717) is 0 Å². The van der Waals surface area contributed by atoms with Crippen molar-refractivity contribution in [3.63, 3.8) is 0 Å². The number of rotatable bonds is 4. The van der Waals surface area contributed by atoms with Crippen molar-refractivity contribution in [2.45, 2.75) is 32.8 Å². The van der Waals surface area contributed by atoms with Gasteiger partial charge in [0, 0.05) is 11.1 Å². The van der Waals surface area contributed by atoms with E-state index in [1.807, 2.05) is 0 Å². The van der Waals surface area contributed by atoms with Gasteiger partial charge in [0.05, 0.1) is 16.9 Å². The van der Waals surface area contributed by atoms with E-state index < -0.39 is 45.7 Å². The van der Waals surface area contributed by atoms with Crippen LogP contribution in [0.2, 0.25) is 5.02 Å². The zero-order valence-electron chi connectivity index (χ0n) is 14.0. The van der Waals surface area contributed by atoms with Crippen molar-refractivity contribution in [2.24, 2.45) is 0 Å². The minimum Gasteiger partial charge on any atom is -0.455 e. The number of hydrogen-bond acceptors (Lipinski definition) is 5. The first-order valence-electron chi connectivity index (χ1n) is 7.37. The van der Waals surface area contributed by atoms with Crippen LogP contribution in [0.3, 0.4) is 0 Å². The summed E-state index contributed by atoms with van der Waals surface area (Å²) in [6.45, 7) is 4.77. The number of halogens is 4. The number of hydrogen-bond donors (Lipinski definition) is 0. The van der Waals surface area contributed by atoms with E-state index in [0.717, 1.165) is 18.3 Å². The molecule has 0 saturated carbocycles. The molecular formula is C17H14ClF3N2O3. The van der Waals surface area contributed by atoms with Gasteiger partial charge in [-0.05, 0) is 26.8 Å². The molecule has 0 saturated heterocycles. The fourth-order valence-corrected chi connectivity index (χ4v) is 2.25. The number of carbonyl (C=O) groups is 2. The fourth-order valence-electron chi connectivity index (χ4n) is 2.09. The van der Waals surface area contributed by atoms with Crippen LogP contribution in [0.25, 0.3) is 11.3 Å². The Balaban J connectivity index is 2.67. The minimum absolute atomic E-state index is 0.262. The summed E-state index contributed by atoms with van der Waals surface area (Å²) < 4.78 is 46.0. The van der Waals surface area contributed by atoms with Crippen molar-refractivity contribution in [1.82, 2.24) is 9.97 Å². The topological polar surface area (TPSA) is 69.2 Å². The monoisotopic (exact) mass is 386 g/mol. The van der Waals surface area contributed by atoms with Crippen LogP contribution in [0.4, 0.5) is 13.2 Å². The van der Waals surface area contributed by atoms with Crippen LogP contribution >= 0.6 is 11.6 Å². The number of alkyl halides is 2. The summed E-state index contributed by atoms with van der Waals surface area (Å²) in [5, 5.41) is -0.399. The number of aromatic nitrogens is 2. The third kappa shape index (κ3) is 4.19. The molecule has 0 spiro atoms. The molecule has 0 aliphatic heterocycles. The molecule has 0 unspecified atom stereocenters. The van der Waals surface area contributed by atoms with Gasteiger partial charge in [-0.3, -0.25) is 4.79 Å².